The van der Waals surface area contributed by atoms with E-state index in [-0.39, 0.29) is 11.1 Å². The van der Waals surface area contributed by atoms with Gasteiger partial charge in [-0.15, -0.1) is 0 Å². The zero-order valence-electron chi connectivity index (χ0n) is 14.8. The molecule has 1 nitrogen and oxygen atoms in total. The van der Waals surface area contributed by atoms with Gasteiger partial charge >= 0.3 is 0 Å². The van der Waals surface area contributed by atoms with Crippen LogP contribution in [-0.4, -0.2) is 14.4 Å². The molecule has 1 atom stereocenters. The minimum absolute atomic E-state index is 0.138. The Kier molecular flexibility index (Phi) is 6.08. The van der Waals surface area contributed by atoms with Gasteiger partial charge in [0.25, 0.3) is 0 Å². The Labute approximate surface area is 155 Å². The van der Waals surface area contributed by atoms with Crippen LogP contribution in [0.15, 0.2) is 52.6 Å². The van der Waals surface area contributed by atoms with Crippen LogP contribution >= 0.6 is 22.6 Å². The Morgan fingerprint density at radius 2 is 1.74 bits per heavy atom. The lowest BCUT2D eigenvalue weighted by molar-refractivity contribution is 0.226. The molecule has 0 spiro atoms. The normalized spacial score (nSPS) is 14.5. The van der Waals surface area contributed by atoms with Gasteiger partial charge in [-0.1, -0.05) is 91.9 Å². The first-order valence-electron chi connectivity index (χ1n) is 8.16. The highest BCUT2D eigenvalue weighted by Crippen LogP contribution is 2.38. The van der Waals surface area contributed by atoms with Crippen molar-refractivity contribution in [3.8, 4) is 0 Å². The van der Waals surface area contributed by atoms with E-state index < -0.39 is 8.32 Å². The molecule has 0 radical (unpaired) electrons. The van der Waals surface area contributed by atoms with Crippen LogP contribution in [0.1, 0.15) is 26.3 Å². The standard InChI is InChI=1S/C20H27IOSi/c1-20(2,3)23(4,5)22-18(13-14-21)15-17-11-8-10-16-9-6-7-12-19(16)17/h6-14,18H,15H2,1-5H3/t18-/m1/s1. The van der Waals surface area contributed by atoms with Gasteiger partial charge in [0.05, 0.1) is 6.10 Å². The van der Waals surface area contributed by atoms with Crippen LogP contribution in [0.4, 0.5) is 0 Å². The maximum Gasteiger partial charge on any atom is 0.192 e. The minimum Gasteiger partial charge on any atom is -0.410 e. The van der Waals surface area contributed by atoms with Gasteiger partial charge in [-0.2, -0.15) is 0 Å². The lowest BCUT2D eigenvalue weighted by Crippen LogP contribution is -2.44. The third-order valence-corrected chi connectivity index (χ3v) is 9.76. The summed E-state index contributed by atoms with van der Waals surface area (Å²) in [6.07, 6.45) is 3.26. The third kappa shape index (κ3) is 4.67. The van der Waals surface area contributed by atoms with Crippen LogP contribution in [-0.2, 0) is 10.8 Å². The van der Waals surface area contributed by atoms with E-state index in [2.05, 4.69) is 109 Å². The average molecular weight is 438 g/mol. The molecule has 2 rings (SSSR count). The van der Waals surface area contributed by atoms with E-state index in [0.29, 0.717) is 0 Å². The van der Waals surface area contributed by atoms with Gasteiger partial charge in [-0.3, -0.25) is 0 Å². The zero-order chi connectivity index (χ0) is 17.1. The summed E-state index contributed by atoms with van der Waals surface area (Å²) in [5.41, 5.74) is 1.36. The van der Waals surface area contributed by atoms with E-state index in [1.54, 1.807) is 0 Å². The molecule has 0 aromatic heterocycles. The number of rotatable bonds is 5. The predicted molar refractivity (Wildman–Crippen MR) is 113 cm³/mol. The molecule has 0 saturated carbocycles. The fourth-order valence-corrected chi connectivity index (χ4v) is 4.21. The second kappa shape index (κ2) is 7.49. The molecule has 0 bridgehead atoms. The van der Waals surface area contributed by atoms with Gasteiger partial charge in [0.1, 0.15) is 0 Å². The molecule has 3 heteroatoms. The number of benzene rings is 2. The van der Waals surface area contributed by atoms with Crippen LogP contribution in [0.25, 0.3) is 10.8 Å². The molecular weight excluding hydrogens is 411 g/mol. The summed E-state index contributed by atoms with van der Waals surface area (Å²) in [6.45, 7) is 11.5. The molecule has 0 aliphatic carbocycles. The van der Waals surface area contributed by atoms with Crippen molar-refractivity contribution in [3.63, 3.8) is 0 Å². The second-order valence-electron chi connectivity index (χ2n) is 7.58. The summed E-state index contributed by atoms with van der Waals surface area (Å²) in [5.74, 6) is 0. The average Bonchev–Trinajstić information content (AvgIpc) is 2.46. The summed E-state index contributed by atoms with van der Waals surface area (Å²) in [5, 5.41) is 2.86. The van der Waals surface area contributed by atoms with Crippen LogP contribution in [0, 0.1) is 0 Å². The van der Waals surface area contributed by atoms with Crippen molar-refractivity contribution in [2.75, 3.05) is 0 Å². The van der Waals surface area contributed by atoms with Crippen molar-refractivity contribution in [2.24, 2.45) is 0 Å². The number of hydrogen-bond donors (Lipinski definition) is 0. The Hall–Kier alpha value is -0.653. The van der Waals surface area contributed by atoms with Gasteiger partial charge in [-0.05, 0) is 38.6 Å². The van der Waals surface area contributed by atoms with Crippen molar-refractivity contribution in [3.05, 3.63) is 58.2 Å². The summed E-state index contributed by atoms with van der Waals surface area (Å²) >= 11 is 2.29. The molecule has 2 aromatic rings. The quantitative estimate of drug-likeness (QED) is 0.372. The maximum atomic E-state index is 6.64. The first kappa shape index (κ1) is 18.7. The van der Waals surface area contributed by atoms with Gasteiger partial charge in [0, 0.05) is 6.42 Å². The summed E-state index contributed by atoms with van der Waals surface area (Å²) in [7, 11) is -1.78. The first-order chi connectivity index (χ1) is 10.7. The maximum absolute atomic E-state index is 6.64. The molecule has 0 fully saturated rings. The Balaban J connectivity index is 2.29. The van der Waals surface area contributed by atoms with E-state index in [1.165, 1.54) is 16.3 Å². The van der Waals surface area contributed by atoms with E-state index in [1.807, 2.05) is 0 Å². The first-order valence-corrected chi connectivity index (χ1v) is 12.3. The molecule has 0 aliphatic heterocycles. The molecule has 0 unspecified atom stereocenters. The minimum atomic E-state index is -1.78. The summed E-state index contributed by atoms with van der Waals surface area (Å²) < 4.78 is 8.73. The Bertz CT molecular complexity index is 680. The fraction of sp³-hybridized carbons (Fsp3) is 0.400. The van der Waals surface area contributed by atoms with Gasteiger partial charge in [0.15, 0.2) is 8.32 Å². The molecular formula is C20H27IOSi. The monoisotopic (exact) mass is 438 g/mol. The smallest absolute Gasteiger partial charge is 0.192 e. The number of halogens is 1. The summed E-state index contributed by atoms with van der Waals surface area (Å²) in [4.78, 5) is 0. The second-order valence-corrected chi connectivity index (χ2v) is 13.1. The topological polar surface area (TPSA) is 9.23 Å². The lowest BCUT2D eigenvalue weighted by Gasteiger charge is -2.38. The van der Waals surface area contributed by atoms with E-state index in [4.69, 9.17) is 4.43 Å². The van der Waals surface area contributed by atoms with E-state index >= 15 is 0 Å². The van der Waals surface area contributed by atoms with E-state index in [0.717, 1.165) is 6.42 Å². The van der Waals surface area contributed by atoms with Crippen LogP contribution in [0.3, 0.4) is 0 Å². The molecule has 0 amide bonds. The van der Waals surface area contributed by atoms with Crippen molar-refractivity contribution >= 4 is 41.7 Å². The molecule has 23 heavy (non-hydrogen) atoms. The molecule has 0 aliphatic rings. The largest absolute Gasteiger partial charge is 0.410 e. The van der Waals surface area contributed by atoms with Gasteiger partial charge in [0.2, 0.25) is 0 Å². The van der Waals surface area contributed by atoms with Gasteiger partial charge < -0.3 is 4.43 Å². The number of fused-ring (bicyclic) bond motifs is 1. The van der Waals surface area contributed by atoms with Crippen molar-refractivity contribution in [1.29, 1.82) is 0 Å². The van der Waals surface area contributed by atoms with Crippen molar-refractivity contribution in [2.45, 2.75) is 51.4 Å². The van der Waals surface area contributed by atoms with Crippen LogP contribution in [0.5, 0.6) is 0 Å². The number of hydrogen-bond acceptors (Lipinski definition) is 1. The zero-order valence-corrected chi connectivity index (χ0v) is 17.9. The van der Waals surface area contributed by atoms with Gasteiger partial charge in [-0.25, -0.2) is 0 Å². The van der Waals surface area contributed by atoms with Crippen molar-refractivity contribution < 1.29 is 4.43 Å². The van der Waals surface area contributed by atoms with E-state index in [9.17, 15) is 0 Å². The SMILES string of the molecule is CC(C)(C)[Si](C)(C)O[C@H](C=CI)Cc1cccc2ccccc12. The van der Waals surface area contributed by atoms with Crippen molar-refractivity contribution in [1.82, 2.24) is 0 Å². The Morgan fingerprint density at radius 1 is 1.09 bits per heavy atom. The lowest BCUT2D eigenvalue weighted by atomic mass is 10.00. The highest BCUT2D eigenvalue weighted by Gasteiger charge is 2.38. The Morgan fingerprint density at radius 3 is 2.39 bits per heavy atom. The highest BCUT2D eigenvalue weighted by atomic mass is 127. The molecule has 124 valence electrons. The third-order valence-electron chi connectivity index (χ3n) is 4.84. The molecule has 0 saturated heterocycles. The predicted octanol–water partition coefficient (Wildman–Crippen LogP) is 6.72. The molecule has 0 heterocycles. The highest BCUT2D eigenvalue weighted by molar-refractivity contribution is 14.1. The fourth-order valence-electron chi connectivity index (χ4n) is 2.47. The van der Waals surface area contributed by atoms with Crippen LogP contribution < -0.4 is 0 Å². The molecule has 2 aromatic carbocycles. The molecule has 0 N–H and O–H groups in total. The van der Waals surface area contributed by atoms with Crippen LogP contribution in [0.2, 0.25) is 18.1 Å². The summed E-state index contributed by atoms with van der Waals surface area (Å²) in [6, 6.07) is 15.2.